The molecule has 1 saturated heterocycles. The lowest BCUT2D eigenvalue weighted by Crippen LogP contribution is -2.27. The number of methoxy groups -OCH3 is 1. The SMILES string of the molecule is CC[C@@H](C)Oc1ccccc1/C=C1\SC(=S)N(c2ccc(OC)cc2)C1=O. The van der Waals surface area contributed by atoms with E-state index < -0.39 is 0 Å². The third kappa shape index (κ3) is 4.34. The second-order valence-electron chi connectivity index (χ2n) is 6.09. The lowest BCUT2D eigenvalue weighted by atomic mass is 10.1. The number of carbonyl (C=O) groups excluding carboxylic acids is 1. The Balaban J connectivity index is 1.88. The van der Waals surface area contributed by atoms with Gasteiger partial charge >= 0.3 is 0 Å². The van der Waals surface area contributed by atoms with Crippen molar-refractivity contribution in [3.63, 3.8) is 0 Å². The third-order valence-electron chi connectivity index (χ3n) is 4.23. The minimum absolute atomic E-state index is 0.105. The van der Waals surface area contributed by atoms with Crippen LogP contribution in [0.25, 0.3) is 6.08 Å². The first-order valence-corrected chi connectivity index (χ1v) is 9.93. The van der Waals surface area contributed by atoms with E-state index in [9.17, 15) is 4.79 Å². The molecule has 0 N–H and O–H groups in total. The second-order valence-corrected chi connectivity index (χ2v) is 7.77. The molecule has 0 aromatic heterocycles. The van der Waals surface area contributed by atoms with Crippen molar-refractivity contribution in [3.8, 4) is 11.5 Å². The van der Waals surface area contributed by atoms with E-state index in [4.69, 9.17) is 21.7 Å². The van der Waals surface area contributed by atoms with Crippen LogP contribution in [-0.2, 0) is 4.79 Å². The van der Waals surface area contributed by atoms with Crippen LogP contribution in [0.15, 0.2) is 53.4 Å². The van der Waals surface area contributed by atoms with E-state index in [1.54, 1.807) is 12.0 Å². The smallest absolute Gasteiger partial charge is 0.270 e. The van der Waals surface area contributed by atoms with E-state index in [0.29, 0.717) is 9.23 Å². The molecule has 1 amide bonds. The molecular weight excluding hydrogens is 378 g/mol. The zero-order valence-corrected chi connectivity index (χ0v) is 17.1. The van der Waals surface area contributed by atoms with Crippen molar-refractivity contribution in [2.45, 2.75) is 26.4 Å². The van der Waals surface area contributed by atoms with Crippen molar-refractivity contribution in [2.24, 2.45) is 0 Å². The van der Waals surface area contributed by atoms with E-state index in [0.717, 1.165) is 29.2 Å². The highest BCUT2D eigenvalue weighted by molar-refractivity contribution is 8.27. The molecule has 1 fully saturated rings. The predicted molar refractivity (Wildman–Crippen MR) is 115 cm³/mol. The monoisotopic (exact) mass is 399 g/mol. The van der Waals surface area contributed by atoms with Crippen LogP contribution in [-0.4, -0.2) is 23.4 Å². The highest BCUT2D eigenvalue weighted by Gasteiger charge is 2.33. The molecule has 0 bridgehead atoms. The topological polar surface area (TPSA) is 38.8 Å². The molecule has 3 rings (SSSR count). The average molecular weight is 400 g/mol. The summed E-state index contributed by atoms with van der Waals surface area (Å²) in [7, 11) is 1.61. The summed E-state index contributed by atoms with van der Waals surface area (Å²) in [4.78, 5) is 15.1. The van der Waals surface area contributed by atoms with Gasteiger partial charge in [0.15, 0.2) is 4.32 Å². The molecule has 0 saturated carbocycles. The first-order valence-electron chi connectivity index (χ1n) is 8.71. The number of hydrogen-bond donors (Lipinski definition) is 0. The number of benzene rings is 2. The number of thioether (sulfide) groups is 1. The first-order chi connectivity index (χ1) is 13.0. The van der Waals surface area contributed by atoms with Crippen LogP contribution in [0.2, 0.25) is 0 Å². The Labute approximate surface area is 169 Å². The van der Waals surface area contributed by atoms with E-state index in [1.165, 1.54) is 11.8 Å². The number of carbonyl (C=O) groups is 1. The van der Waals surface area contributed by atoms with Gasteiger partial charge in [0.1, 0.15) is 11.5 Å². The molecular formula is C21H21NO3S2. The van der Waals surface area contributed by atoms with Crippen LogP contribution in [0, 0.1) is 0 Å². The van der Waals surface area contributed by atoms with E-state index in [2.05, 4.69) is 6.92 Å². The molecule has 0 aliphatic carbocycles. The van der Waals surface area contributed by atoms with E-state index in [1.807, 2.05) is 61.5 Å². The van der Waals surface area contributed by atoms with Crippen molar-refractivity contribution in [1.82, 2.24) is 0 Å². The Morgan fingerprint density at radius 3 is 2.56 bits per heavy atom. The Morgan fingerprint density at radius 1 is 1.19 bits per heavy atom. The molecule has 2 aromatic carbocycles. The van der Waals surface area contributed by atoms with Crippen LogP contribution in [0.5, 0.6) is 11.5 Å². The molecule has 140 valence electrons. The Morgan fingerprint density at radius 2 is 1.89 bits per heavy atom. The van der Waals surface area contributed by atoms with Gasteiger partial charge in [-0.25, -0.2) is 0 Å². The maximum absolute atomic E-state index is 12.9. The molecule has 0 radical (unpaired) electrons. The number of thiocarbonyl (C=S) groups is 1. The molecule has 4 nitrogen and oxygen atoms in total. The van der Waals surface area contributed by atoms with Crippen LogP contribution in [0.4, 0.5) is 5.69 Å². The zero-order valence-electron chi connectivity index (χ0n) is 15.5. The van der Waals surface area contributed by atoms with Crippen molar-refractivity contribution < 1.29 is 14.3 Å². The van der Waals surface area contributed by atoms with Crippen molar-refractivity contribution in [1.29, 1.82) is 0 Å². The Hall–Kier alpha value is -2.31. The van der Waals surface area contributed by atoms with Crippen LogP contribution in [0.1, 0.15) is 25.8 Å². The normalized spacial score (nSPS) is 16.7. The first kappa shape index (κ1) is 19.5. The zero-order chi connectivity index (χ0) is 19.4. The van der Waals surface area contributed by atoms with Crippen molar-refractivity contribution in [3.05, 3.63) is 59.0 Å². The van der Waals surface area contributed by atoms with E-state index in [-0.39, 0.29) is 12.0 Å². The Kier molecular flexibility index (Phi) is 6.19. The number of nitrogens with zero attached hydrogens (tertiary/aromatic N) is 1. The van der Waals surface area contributed by atoms with Gasteiger partial charge in [-0.3, -0.25) is 9.69 Å². The van der Waals surface area contributed by atoms with Gasteiger partial charge in [0.2, 0.25) is 0 Å². The predicted octanol–water partition coefficient (Wildman–Crippen LogP) is 5.28. The summed E-state index contributed by atoms with van der Waals surface area (Å²) in [5.74, 6) is 1.37. The van der Waals surface area contributed by atoms with Gasteiger partial charge in [0.05, 0.1) is 23.8 Å². The maximum Gasteiger partial charge on any atom is 0.270 e. The fourth-order valence-electron chi connectivity index (χ4n) is 2.57. The summed E-state index contributed by atoms with van der Waals surface area (Å²) in [6.45, 7) is 4.10. The summed E-state index contributed by atoms with van der Waals surface area (Å²) in [5.41, 5.74) is 1.60. The highest BCUT2D eigenvalue weighted by atomic mass is 32.2. The maximum atomic E-state index is 12.9. The third-order valence-corrected chi connectivity index (χ3v) is 5.54. The van der Waals surface area contributed by atoms with E-state index >= 15 is 0 Å². The van der Waals surface area contributed by atoms with Crippen molar-refractivity contribution >= 4 is 46.0 Å². The van der Waals surface area contributed by atoms with Gasteiger partial charge in [0.25, 0.3) is 5.91 Å². The number of rotatable bonds is 6. The number of ether oxygens (including phenoxy) is 2. The molecule has 1 aliphatic heterocycles. The summed E-state index contributed by atoms with van der Waals surface area (Å²) < 4.78 is 11.7. The fourth-order valence-corrected chi connectivity index (χ4v) is 3.86. The van der Waals surface area contributed by atoms with Crippen molar-refractivity contribution in [2.75, 3.05) is 12.0 Å². The molecule has 6 heteroatoms. The van der Waals surface area contributed by atoms with Gasteiger partial charge in [-0.05, 0) is 49.8 Å². The molecule has 2 aromatic rings. The molecule has 27 heavy (non-hydrogen) atoms. The van der Waals surface area contributed by atoms with Gasteiger partial charge in [-0.1, -0.05) is 49.1 Å². The summed E-state index contributed by atoms with van der Waals surface area (Å²) in [5, 5.41) is 0. The number of para-hydroxylation sites is 1. The van der Waals surface area contributed by atoms with Crippen LogP contribution < -0.4 is 14.4 Å². The number of anilines is 1. The quantitative estimate of drug-likeness (QED) is 0.488. The standard InChI is InChI=1S/C21H21NO3S2/c1-4-14(2)25-18-8-6-5-7-15(18)13-19-20(23)22(21(26)27-19)16-9-11-17(24-3)12-10-16/h5-14H,4H2,1-3H3/b19-13-/t14-/m1/s1. The molecule has 1 atom stereocenters. The summed E-state index contributed by atoms with van der Waals surface area (Å²) in [6, 6.07) is 15.0. The molecule has 0 unspecified atom stereocenters. The minimum Gasteiger partial charge on any atom is -0.497 e. The summed E-state index contributed by atoms with van der Waals surface area (Å²) in [6.07, 6.45) is 2.86. The second kappa shape index (κ2) is 8.59. The largest absolute Gasteiger partial charge is 0.497 e. The summed E-state index contributed by atoms with van der Waals surface area (Å²) >= 11 is 6.74. The van der Waals surface area contributed by atoms with Gasteiger partial charge in [-0.15, -0.1) is 0 Å². The van der Waals surface area contributed by atoms with Gasteiger partial charge in [0, 0.05) is 5.56 Å². The van der Waals surface area contributed by atoms with Gasteiger partial charge < -0.3 is 9.47 Å². The lowest BCUT2D eigenvalue weighted by molar-refractivity contribution is -0.113. The van der Waals surface area contributed by atoms with Crippen LogP contribution in [0.3, 0.4) is 0 Å². The number of amides is 1. The number of hydrogen-bond acceptors (Lipinski definition) is 5. The van der Waals surface area contributed by atoms with Crippen LogP contribution >= 0.6 is 24.0 Å². The highest BCUT2D eigenvalue weighted by Crippen LogP contribution is 2.37. The minimum atomic E-state index is -0.131. The average Bonchev–Trinajstić information content (AvgIpc) is 2.96. The lowest BCUT2D eigenvalue weighted by Gasteiger charge is -2.15. The molecule has 1 aliphatic rings. The van der Waals surface area contributed by atoms with Gasteiger partial charge in [-0.2, -0.15) is 0 Å². The molecule has 1 heterocycles. The molecule has 0 spiro atoms. The fraction of sp³-hybridized carbons (Fsp3) is 0.238. The Bertz CT molecular complexity index is 877.